The molecule has 1 aliphatic rings. The van der Waals surface area contributed by atoms with Gasteiger partial charge >= 0.3 is 0 Å². The molecule has 3 aromatic rings. The number of rotatable bonds is 2. The van der Waals surface area contributed by atoms with Gasteiger partial charge in [-0.1, -0.05) is 0 Å². The molecule has 1 unspecified atom stereocenters. The van der Waals surface area contributed by atoms with Crippen LogP contribution >= 0.6 is 0 Å². The number of aryl methyl sites for hydroxylation is 1. The van der Waals surface area contributed by atoms with E-state index < -0.39 is 0 Å². The van der Waals surface area contributed by atoms with Crippen LogP contribution in [0.3, 0.4) is 0 Å². The molecule has 0 aliphatic heterocycles. The summed E-state index contributed by atoms with van der Waals surface area (Å²) in [7, 11) is 0. The summed E-state index contributed by atoms with van der Waals surface area (Å²) in [5.41, 5.74) is 8.44. The second-order valence-corrected chi connectivity index (χ2v) is 5.67. The van der Waals surface area contributed by atoms with Crippen LogP contribution in [-0.2, 0) is 12.8 Å². The average molecular weight is 310 g/mol. The zero-order valence-electron chi connectivity index (χ0n) is 12.3. The van der Waals surface area contributed by atoms with Gasteiger partial charge < -0.3 is 11.1 Å². The minimum absolute atomic E-state index is 0.191. The summed E-state index contributed by atoms with van der Waals surface area (Å²) in [6, 6.07) is 4.70. The second kappa shape index (κ2) is 5.42. The Labute approximate surface area is 132 Å². The Morgan fingerprint density at radius 3 is 3.04 bits per heavy atom. The maximum atomic E-state index is 13.5. The minimum atomic E-state index is -0.298. The molecule has 116 valence electrons. The number of nitrogens with one attached hydrogen (secondary N) is 1. The molecule has 1 aromatic carbocycles. The summed E-state index contributed by atoms with van der Waals surface area (Å²) >= 11 is 0. The van der Waals surface area contributed by atoms with E-state index in [4.69, 9.17) is 5.73 Å². The van der Waals surface area contributed by atoms with Crippen LogP contribution in [-0.4, -0.2) is 26.0 Å². The predicted octanol–water partition coefficient (Wildman–Crippen LogP) is 2.11. The van der Waals surface area contributed by atoms with Crippen molar-refractivity contribution in [1.82, 2.24) is 19.9 Å². The van der Waals surface area contributed by atoms with E-state index in [0.717, 1.165) is 36.0 Å². The van der Waals surface area contributed by atoms with Gasteiger partial charge in [0.1, 0.15) is 18.0 Å². The topological polar surface area (TPSA) is 89.6 Å². The van der Waals surface area contributed by atoms with E-state index in [-0.39, 0.29) is 11.9 Å². The first kappa shape index (κ1) is 13.8. The molecular weight excluding hydrogens is 295 g/mol. The third-order valence-corrected chi connectivity index (χ3v) is 4.11. The Morgan fingerprint density at radius 2 is 2.13 bits per heavy atom. The van der Waals surface area contributed by atoms with Gasteiger partial charge in [-0.25, -0.2) is 24.3 Å². The van der Waals surface area contributed by atoms with Crippen molar-refractivity contribution in [1.29, 1.82) is 0 Å². The summed E-state index contributed by atoms with van der Waals surface area (Å²) in [6.45, 7) is 0. The number of benzene rings is 1. The minimum Gasteiger partial charge on any atom is -0.368 e. The molecule has 0 saturated heterocycles. The molecule has 1 atom stereocenters. The number of nitrogens with zero attached hydrogens (tertiary/aromatic N) is 4. The summed E-state index contributed by atoms with van der Waals surface area (Å²) in [4.78, 5) is 16.8. The number of aromatic nitrogens is 4. The van der Waals surface area contributed by atoms with Crippen molar-refractivity contribution in [3.63, 3.8) is 0 Å². The van der Waals surface area contributed by atoms with Crippen molar-refractivity contribution in [2.24, 2.45) is 0 Å². The fourth-order valence-corrected chi connectivity index (χ4v) is 2.98. The Kier molecular flexibility index (Phi) is 3.25. The van der Waals surface area contributed by atoms with E-state index in [0.29, 0.717) is 17.2 Å². The molecule has 0 fully saturated rings. The number of anilines is 2. The fraction of sp³-hybridized carbons (Fsp3) is 0.250. The number of nitrogen functional groups attached to an aromatic ring is 1. The lowest BCUT2D eigenvalue weighted by atomic mass is 9.93. The molecule has 0 bridgehead atoms. The van der Waals surface area contributed by atoms with Crippen LogP contribution in [0.5, 0.6) is 0 Å². The molecule has 0 radical (unpaired) electrons. The van der Waals surface area contributed by atoms with Gasteiger partial charge in [-0.15, -0.1) is 0 Å². The van der Waals surface area contributed by atoms with Gasteiger partial charge in [-0.05, 0) is 43.0 Å². The monoisotopic (exact) mass is 310 g/mol. The number of fused-ring (bicyclic) bond motifs is 2. The number of nitrogens with two attached hydrogens (primary N) is 1. The first-order chi connectivity index (χ1) is 11.2. The maximum absolute atomic E-state index is 13.5. The fourth-order valence-electron chi connectivity index (χ4n) is 2.98. The van der Waals surface area contributed by atoms with Crippen molar-refractivity contribution < 1.29 is 4.39 Å². The van der Waals surface area contributed by atoms with Crippen molar-refractivity contribution in [3.8, 4) is 0 Å². The van der Waals surface area contributed by atoms with E-state index in [2.05, 4.69) is 25.3 Å². The van der Waals surface area contributed by atoms with Crippen LogP contribution in [0.2, 0.25) is 0 Å². The van der Waals surface area contributed by atoms with Gasteiger partial charge in [0.15, 0.2) is 0 Å². The average Bonchev–Trinajstić information content (AvgIpc) is 2.55. The quantitative estimate of drug-likeness (QED) is 0.753. The van der Waals surface area contributed by atoms with Crippen LogP contribution < -0.4 is 11.1 Å². The highest BCUT2D eigenvalue weighted by molar-refractivity contribution is 5.88. The highest BCUT2D eigenvalue weighted by Gasteiger charge is 2.21. The van der Waals surface area contributed by atoms with E-state index >= 15 is 0 Å². The van der Waals surface area contributed by atoms with Crippen LogP contribution in [0.15, 0.2) is 30.7 Å². The normalized spacial score (nSPS) is 17.0. The van der Waals surface area contributed by atoms with Gasteiger partial charge in [-0.3, -0.25) is 0 Å². The highest BCUT2D eigenvalue weighted by atomic mass is 19.1. The smallest absolute Gasteiger partial charge is 0.220 e. The summed E-state index contributed by atoms with van der Waals surface area (Å²) in [5, 5.41) is 4.09. The Balaban J connectivity index is 1.62. The van der Waals surface area contributed by atoms with Gasteiger partial charge in [-0.2, -0.15) is 0 Å². The van der Waals surface area contributed by atoms with Crippen molar-refractivity contribution in [2.75, 3.05) is 11.1 Å². The molecule has 0 amide bonds. The highest BCUT2D eigenvalue weighted by Crippen LogP contribution is 2.25. The molecule has 0 spiro atoms. The molecule has 6 nitrogen and oxygen atoms in total. The molecule has 3 N–H and O–H groups in total. The van der Waals surface area contributed by atoms with Crippen LogP contribution in [0.25, 0.3) is 10.9 Å². The van der Waals surface area contributed by atoms with Gasteiger partial charge in [0.25, 0.3) is 0 Å². The Morgan fingerprint density at radius 1 is 1.22 bits per heavy atom. The Bertz CT molecular complexity index is 882. The number of hydrogen-bond acceptors (Lipinski definition) is 6. The zero-order valence-corrected chi connectivity index (χ0v) is 12.3. The summed E-state index contributed by atoms with van der Waals surface area (Å²) < 4.78 is 13.5. The first-order valence-corrected chi connectivity index (χ1v) is 7.46. The van der Waals surface area contributed by atoms with Crippen molar-refractivity contribution in [2.45, 2.75) is 25.3 Å². The predicted molar refractivity (Wildman–Crippen MR) is 85.4 cm³/mol. The van der Waals surface area contributed by atoms with Gasteiger partial charge in [0.2, 0.25) is 5.95 Å². The van der Waals surface area contributed by atoms with Crippen LogP contribution in [0.1, 0.15) is 17.7 Å². The molecule has 2 aromatic heterocycles. The lowest BCUT2D eigenvalue weighted by molar-refractivity contribution is 0.595. The molecule has 2 heterocycles. The number of hydrogen-bond donors (Lipinski definition) is 2. The van der Waals surface area contributed by atoms with Crippen LogP contribution in [0, 0.1) is 5.82 Å². The third-order valence-electron chi connectivity index (χ3n) is 4.11. The summed E-state index contributed by atoms with van der Waals surface area (Å²) in [6.07, 6.45) is 5.80. The van der Waals surface area contributed by atoms with Crippen LogP contribution in [0.4, 0.5) is 16.2 Å². The molecule has 0 saturated carbocycles. The van der Waals surface area contributed by atoms with E-state index in [1.165, 1.54) is 18.5 Å². The number of halogens is 1. The standard InChI is InChI=1S/C16H15FN6/c17-10-1-3-14-12(6-10)15(21-8-20-14)22-11-2-4-13-9(5-11)7-19-16(18)23-13/h1,3,6-8,11H,2,4-5H2,(H2,18,19,23)(H,20,21,22). The first-order valence-electron chi connectivity index (χ1n) is 7.46. The maximum Gasteiger partial charge on any atom is 0.220 e. The molecule has 4 rings (SSSR count). The SMILES string of the molecule is Nc1ncc2c(n1)CCC(Nc1ncnc3ccc(F)cc13)C2. The molecular formula is C16H15FN6. The summed E-state index contributed by atoms with van der Waals surface area (Å²) in [5.74, 6) is 0.667. The second-order valence-electron chi connectivity index (χ2n) is 5.67. The van der Waals surface area contributed by atoms with E-state index in [1.54, 1.807) is 12.3 Å². The van der Waals surface area contributed by atoms with Crippen molar-refractivity contribution in [3.05, 3.63) is 47.8 Å². The third kappa shape index (κ3) is 2.65. The van der Waals surface area contributed by atoms with Gasteiger partial charge in [0, 0.05) is 23.3 Å². The lowest BCUT2D eigenvalue weighted by Crippen LogP contribution is -2.28. The van der Waals surface area contributed by atoms with E-state index in [1.807, 2.05) is 0 Å². The lowest BCUT2D eigenvalue weighted by Gasteiger charge is -2.25. The zero-order chi connectivity index (χ0) is 15.8. The largest absolute Gasteiger partial charge is 0.368 e. The van der Waals surface area contributed by atoms with E-state index in [9.17, 15) is 4.39 Å². The Hall–Kier alpha value is -2.83. The van der Waals surface area contributed by atoms with Crippen molar-refractivity contribution >= 4 is 22.7 Å². The molecule has 23 heavy (non-hydrogen) atoms. The van der Waals surface area contributed by atoms with Gasteiger partial charge in [0.05, 0.1) is 5.52 Å². The molecule has 1 aliphatic carbocycles. The molecule has 7 heteroatoms.